The van der Waals surface area contributed by atoms with Crippen molar-refractivity contribution in [1.82, 2.24) is 20.5 Å². The molecule has 3 rings (SSSR count). The fourth-order valence-electron chi connectivity index (χ4n) is 3.49. The van der Waals surface area contributed by atoms with Crippen LogP contribution in [0.25, 0.3) is 10.6 Å². The first kappa shape index (κ1) is 21.7. The fourth-order valence-corrected chi connectivity index (χ4v) is 4.31. The Morgan fingerprint density at radius 3 is 2.66 bits per heavy atom. The lowest BCUT2D eigenvalue weighted by molar-refractivity contribution is 0.00752. The van der Waals surface area contributed by atoms with Crippen molar-refractivity contribution in [3.8, 4) is 10.6 Å². The molecule has 1 atom stereocenters. The molecule has 1 aliphatic rings. The molecular formula is C22H33N5OS. The van der Waals surface area contributed by atoms with Gasteiger partial charge in [-0.1, -0.05) is 44.2 Å². The summed E-state index contributed by atoms with van der Waals surface area (Å²) in [6, 6.07) is 10.8. The molecule has 0 saturated carbocycles. The average Bonchev–Trinajstić information content (AvgIpc) is 3.22. The Hall–Kier alpha value is -1.96. The molecule has 0 bridgehead atoms. The van der Waals surface area contributed by atoms with Gasteiger partial charge in [0, 0.05) is 43.2 Å². The molecule has 29 heavy (non-hydrogen) atoms. The standard InChI is InChI=1S/C22H33N5OS/c1-4-23-22(25-15-20(17(2)3)27-10-12-28-13-11-27)24-14-19-16-29-21(26-19)18-8-6-5-7-9-18/h5-9,16-17,20H,4,10-15H2,1-3H3,(H2,23,24,25). The highest BCUT2D eigenvalue weighted by atomic mass is 32.1. The van der Waals surface area contributed by atoms with Gasteiger partial charge in [0.15, 0.2) is 5.96 Å². The minimum absolute atomic E-state index is 0.465. The Kier molecular flexibility index (Phi) is 8.46. The lowest BCUT2D eigenvalue weighted by Crippen LogP contribution is -2.52. The van der Waals surface area contributed by atoms with Crippen molar-refractivity contribution in [3.05, 3.63) is 41.4 Å². The molecule has 2 N–H and O–H groups in total. The lowest BCUT2D eigenvalue weighted by Gasteiger charge is -2.37. The highest BCUT2D eigenvalue weighted by Crippen LogP contribution is 2.23. The van der Waals surface area contributed by atoms with Crippen LogP contribution in [0.4, 0.5) is 0 Å². The highest BCUT2D eigenvalue weighted by molar-refractivity contribution is 7.13. The smallest absolute Gasteiger partial charge is 0.191 e. The highest BCUT2D eigenvalue weighted by Gasteiger charge is 2.23. The third kappa shape index (κ3) is 6.52. The van der Waals surface area contributed by atoms with Crippen LogP contribution >= 0.6 is 11.3 Å². The van der Waals surface area contributed by atoms with Crippen LogP contribution in [0.2, 0.25) is 0 Å². The normalized spacial score (nSPS) is 16.8. The molecule has 0 radical (unpaired) electrons. The molecule has 6 nitrogen and oxygen atoms in total. The SMILES string of the molecule is CCNC(=NCc1csc(-c2ccccc2)n1)NCC(C(C)C)N1CCOCC1. The first-order chi connectivity index (χ1) is 14.2. The zero-order valence-corrected chi connectivity index (χ0v) is 18.5. The molecule has 1 fully saturated rings. The van der Waals surface area contributed by atoms with E-state index in [4.69, 9.17) is 14.7 Å². The Morgan fingerprint density at radius 1 is 1.21 bits per heavy atom. The Balaban J connectivity index is 1.60. The van der Waals surface area contributed by atoms with Crippen molar-refractivity contribution in [2.45, 2.75) is 33.4 Å². The summed E-state index contributed by atoms with van der Waals surface area (Å²) in [5, 5.41) is 10.0. The van der Waals surface area contributed by atoms with Gasteiger partial charge in [0.2, 0.25) is 0 Å². The van der Waals surface area contributed by atoms with E-state index in [1.165, 1.54) is 0 Å². The monoisotopic (exact) mass is 415 g/mol. The molecule has 2 heterocycles. The van der Waals surface area contributed by atoms with E-state index in [2.05, 4.69) is 53.8 Å². The summed E-state index contributed by atoms with van der Waals surface area (Å²) in [6.45, 7) is 12.6. The van der Waals surface area contributed by atoms with Gasteiger partial charge in [0.1, 0.15) is 5.01 Å². The molecule has 1 aromatic heterocycles. The van der Waals surface area contributed by atoms with Crippen molar-refractivity contribution in [2.24, 2.45) is 10.9 Å². The predicted molar refractivity (Wildman–Crippen MR) is 121 cm³/mol. The summed E-state index contributed by atoms with van der Waals surface area (Å²) < 4.78 is 5.51. The van der Waals surface area contributed by atoms with Gasteiger partial charge >= 0.3 is 0 Å². The van der Waals surface area contributed by atoms with Crippen LogP contribution in [-0.4, -0.2) is 61.3 Å². The second kappa shape index (κ2) is 11.3. The molecule has 1 saturated heterocycles. The maximum atomic E-state index is 5.51. The molecule has 158 valence electrons. The zero-order chi connectivity index (χ0) is 20.5. The Bertz CT molecular complexity index is 756. The van der Waals surface area contributed by atoms with E-state index in [1.807, 2.05) is 18.2 Å². The molecule has 2 aromatic rings. The molecule has 1 unspecified atom stereocenters. The first-order valence-electron chi connectivity index (χ1n) is 10.5. The number of hydrogen-bond acceptors (Lipinski definition) is 5. The van der Waals surface area contributed by atoms with Crippen LogP contribution in [0.15, 0.2) is 40.7 Å². The van der Waals surface area contributed by atoms with E-state index in [0.29, 0.717) is 18.5 Å². The molecule has 0 amide bonds. The summed E-state index contributed by atoms with van der Waals surface area (Å²) in [5.74, 6) is 1.41. The van der Waals surface area contributed by atoms with Crippen molar-refractivity contribution in [3.63, 3.8) is 0 Å². The second-order valence-corrected chi connectivity index (χ2v) is 8.40. The number of hydrogen-bond donors (Lipinski definition) is 2. The van der Waals surface area contributed by atoms with Crippen LogP contribution in [0, 0.1) is 5.92 Å². The number of guanidine groups is 1. The maximum Gasteiger partial charge on any atom is 0.191 e. The number of nitrogens with one attached hydrogen (secondary N) is 2. The maximum absolute atomic E-state index is 5.51. The van der Waals surface area contributed by atoms with E-state index in [1.54, 1.807) is 11.3 Å². The third-order valence-corrected chi connectivity index (χ3v) is 6.02. The molecule has 7 heteroatoms. The largest absolute Gasteiger partial charge is 0.379 e. The van der Waals surface area contributed by atoms with Gasteiger partial charge in [-0.3, -0.25) is 4.90 Å². The first-order valence-corrected chi connectivity index (χ1v) is 11.4. The van der Waals surface area contributed by atoms with Gasteiger partial charge in [0.25, 0.3) is 0 Å². The van der Waals surface area contributed by atoms with Gasteiger partial charge in [0.05, 0.1) is 25.5 Å². The molecule has 1 aromatic carbocycles. The van der Waals surface area contributed by atoms with E-state index < -0.39 is 0 Å². The van der Waals surface area contributed by atoms with E-state index >= 15 is 0 Å². The summed E-state index contributed by atoms with van der Waals surface area (Å²) in [5.41, 5.74) is 2.16. The van der Waals surface area contributed by atoms with Crippen LogP contribution in [0.3, 0.4) is 0 Å². The summed E-state index contributed by atoms with van der Waals surface area (Å²) in [6.07, 6.45) is 0. The van der Waals surface area contributed by atoms with Gasteiger partial charge in [-0.25, -0.2) is 9.98 Å². The fraction of sp³-hybridized carbons (Fsp3) is 0.545. The van der Waals surface area contributed by atoms with Crippen LogP contribution < -0.4 is 10.6 Å². The number of aromatic nitrogens is 1. The second-order valence-electron chi connectivity index (χ2n) is 7.55. The number of thiazole rings is 1. The van der Waals surface area contributed by atoms with Crippen molar-refractivity contribution < 1.29 is 4.74 Å². The molecule has 0 aliphatic carbocycles. The third-order valence-electron chi connectivity index (χ3n) is 5.08. The van der Waals surface area contributed by atoms with Crippen LogP contribution in [0.5, 0.6) is 0 Å². The molecular weight excluding hydrogens is 382 g/mol. The predicted octanol–water partition coefficient (Wildman–Crippen LogP) is 3.22. The van der Waals surface area contributed by atoms with Crippen LogP contribution in [-0.2, 0) is 11.3 Å². The van der Waals surface area contributed by atoms with Crippen molar-refractivity contribution >= 4 is 17.3 Å². The number of morpholine rings is 1. The Labute approximate surface area is 178 Å². The van der Waals surface area contributed by atoms with E-state index in [0.717, 1.165) is 61.6 Å². The number of nitrogens with zero attached hydrogens (tertiary/aromatic N) is 3. The van der Waals surface area contributed by atoms with E-state index in [-0.39, 0.29) is 0 Å². The summed E-state index contributed by atoms with van der Waals surface area (Å²) in [7, 11) is 0. The minimum atomic E-state index is 0.465. The average molecular weight is 416 g/mol. The number of rotatable bonds is 8. The van der Waals surface area contributed by atoms with Gasteiger partial charge in [-0.05, 0) is 12.8 Å². The van der Waals surface area contributed by atoms with E-state index in [9.17, 15) is 0 Å². The molecule has 0 spiro atoms. The van der Waals surface area contributed by atoms with Gasteiger partial charge in [-0.15, -0.1) is 11.3 Å². The number of benzene rings is 1. The topological polar surface area (TPSA) is 61.8 Å². The van der Waals surface area contributed by atoms with Crippen molar-refractivity contribution in [2.75, 3.05) is 39.4 Å². The Morgan fingerprint density at radius 2 is 1.97 bits per heavy atom. The molecule has 1 aliphatic heterocycles. The van der Waals surface area contributed by atoms with Gasteiger partial charge < -0.3 is 15.4 Å². The summed E-state index contributed by atoms with van der Waals surface area (Å²) >= 11 is 1.67. The zero-order valence-electron chi connectivity index (χ0n) is 17.7. The quantitative estimate of drug-likeness (QED) is 0.512. The summed E-state index contributed by atoms with van der Waals surface area (Å²) in [4.78, 5) is 12.0. The number of aliphatic imine (C=N–C) groups is 1. The lowest BCUT2D eigenvalue weighted by atomic mass is 10.0. The van der Waals surface area contributed by atoms with Crippen LogP contribution in [0.1, 0.15) is 26.5 Å². The van der Waals surface area contributed by atoms with Crippen molar-refractivity contribution in [1.29, 1.82) is 0 Å². The minimum Gasteiger partial charge on any atom is -0.379 e. The van der Waals surface area contributed by atoms with Gasteiger partial charge in [-0.2, -0.15) is 0 Å². The number of ether oxygens (including phenoxy) is 1.